The predicted octanol–water partition coefficient (Wildman–Crippen LogP) is 2.94. The average molecular weight is 367 g/mol. The molecule has 1 amide bonds. The summed E-state index contributed by atoms with van der Waals surface area (Å²) in [5.74, 6) is -0.800. The Labute approximate surface area is 154 Å². The van der Waals surface area contributed by atoms with Crippen molar-refractivity contribution < 1.29 is 24.0 Å². The van der Waals surface area contributed by atoms with Crippen molar-refractivity contribution in [3.8, 4) is 0 Å². The van der Waals surface area contributed by atoms with Gasteiger partial charge < -0.3 is 24.2 Å². The number of ether oxygens (including phenoxy) is 1. The molecule has 0 aliphatic carbocycles. The Morgan fingerprint density at radius 2 is 2.00 bits per heavy atom. The standard InChI is InChI=1S/C18H29N3O5/c1-11(2)15(16(22)23)13-9-14(19-26-13)20-7-8-21(12(3)10-20)17(24)25-18(4,5)6/h9,11-12,15H,7-8,10H2,1-6H3,(H,22,23)/t12-,15?/m1/s1. The summed E-state index contributed by atoms with van der Waals surface area (Å²) in [6, 6.07) is 1.63. The largest absolute Gasteiger partial charge is 0.481 e. The average Bonchev–Trinajstić information content (AvgIpc) is 2.93. The van der Waals surface area contributed by atoms with E-state index in [1.54, 1.807) is 11.0 Å². The summed E-state index contributed by atoms with van der Waals surface area (Å²) in [7, 11) is 0. The summed E-state index contributed by atoms with van der Waals surface area (Å²) < 4.78 is 10.7. The Hall–Kier alpha value is -2.25. The van der Waals surface area contributed by atoms with Gasteiger partial charge in [-0.1, -0.05) is 19.0 Å². The van der Waals surface area contributed by atoms with Crippen LogP contribution in [0.4, 0.5) is 10.6 Å². The lowest BCUT2D eigenvalue weighted by Gasteiger charge is -2.40. The maximum Gasteiger partial charge on any atom is 0.410 e. The van der Waals surface area contributed by atoms with Crippen molar-refractivity contribution in [3.63, 3.8) is 0 Å². The van der Waals surface area contributed by atoms with E-state index in [0.717, 1.165) is 0 Å². The Morgan fingerprint density at radius 1 is 1.35 bits per heavy atom. The summed E-state index contributed by atoms with van der Waals surface area (Å²) in [5.41, 5.74) is -0.530. The molecule has 1 saturated heterocycles. The van der Waals surface area contributed by atoms with Gasteiger partial charge in [0.2, 0.25) is 0 Å². The number of carbonyl (C=O) groups excluding carboxylic acids is 1. The molecule has 1 aliphatic rings. The quantitative estimate of drug-likeness (QED) is 0.874. The molecule has 146 valence electrons. The maximum atomic E-state index is 12.3. The molecule has 8 nitrogen and oxygen atoms in total. The number of carboxylic acids is 1. The van der Waals surface area contributed by atoms with Gasteiger partial charge in [-0.05, 0) is 33.6 Å². The monoisotopic (exact) mass is 367 g/mol. The number of nitrogens with zero attached hydrogens (tertiary/aromatic N) is 3. The number of carbonyl (C=O) groups is 2. The highest BCUT2D eigenvalue weighted by Gasteiger charge is 2.33. The number of amides is 1. The smallest absolute Gasteiger partial charge is 0.410 e. The number of carboxylic acid groups (broad SMARTS) is 1. The lowest BCUT2D eigenvalue weighted by atomic mass is 9.93. The van der Waals surface area contributed by atoms with Gasteiger partial charge in [0.15, 0.2) is 11.6 Å². The normalized spacial score (nSPS) is 19.6. The molecule has 1 fully saturated rings. The summed E-state index contributed by atoms with van der Waals surface area (Å²) in [5, 5.41) is 13.4. The highest BCUT2D eigenvalue weighted by atomic mass is 16.6. The van der Waals surface area contributed by atoms with E-state index in [4.69, 9.17) is 9.26 Å². The Kier molecular flexibility index (Phi) is 5.83. The van der Waals surface area contributed by atoms with Gasteiger partial charge in [-0.2, -0.15) is 0 Å². The molecule has 8 heteroatoms. The van der Waals surface area contributed by atoms with Crippen LogP contribution in [0.3, 0.4) is 0 Å². The molecule has 0 aromatic carbocycles. The van der Waals surface area contributed by atoms with Gasteiger partial charge in [0.1, 0.15) is 11.5 Å². The topological polar surface area (TPSA) is 96.1 Å². The fourth-order valence-corrected chi connectivity index (χ4v) is 3.07. The van der Waals surface area contributed by atoms with Crippen LogP contribution in [0.5, 0.6) is 0 Å². The second-order valence-corrected chi connectivity index (χ2v) is 8.12. The van der Waals surface area contributed by atoms with Crippen molar-refractivity contribution in [2.24, 2.45) is 5.92 Å². The number of hydrogen-bond acceptors (Lipinski definition) is 6. The fraction of sp³-hybridized carbons (Fsp3) is 0.722. The molecule has 1 aromatic rings. The molecular formula is C18H29N3O5. The first-order valence-electron chi connectivity index (χ1n) is 8.93. The maximum absolute atomic E-state index is 12.3. The number of anilines is 1. The lowest BCUT2D eigenvalue weighted by molar-refractivity contribution is -0.140. The molecule has 1 aliphatic heterocycles. The van der Waals surface area contributed by atoms with Crippen molar-refractivity contribution in [1.29, 1.82) is 0 Å². The van der Waals surface area contributed by atoms with Gasteiger partial charge in [-0.3, -0.25) is 4.79 Å². The van der Waals surface area contributed by atoms with E-state index in [2.05, 4.69) is 5.16 Å². The zero-order chi connectivity index (χ0) is 19.6. The second-order valence-electron chi connectivity index (χ2n) is 8.12. The highest BCUT2D eigenvalue weighted by molar-refractivity contribution is 5.75. The number of piperazine rings is 1. The molecule has 0 radical (unpaired) electrons. The summed E-state index contributed by atoms with van der Waals surface area (Å²) >= 11 is 0. The summed E-state index contributed by atoms with van der Waals surface area (Å²) in [6.45, 7) is 12.8. The minimum absolute atomic E-state index is 0.0564. The number of aliphatic carboxylic acids is 1. The Bertz CT molecular complexity index is 649. The van der Waals surface area contributed by atoms with Crippen LogP contribution in [0.1, 0.15) is 53.2 Å². The molecule has 0 bridgehead atoms. The van der Waals surface area contributed by atoms with Crippen molar-refractivity contribution in [2.75, 3.05) is 24.5 Å². The number of rotatable bonds is 4. The minimum atomic E-state index is -0.925. The van der Waals surface area contributed by atoms with E-state index in [9.17, 15) is 14.7 Å². The lowest BCUT2D eigenvalue weighted by Crippen LogP contribution is -2.55. The molecule has 0 saturated carbocycles. The predicted molar refractivity (Wildman–Crippen MR) is 96.3 cm³/mol. The third kappa shape index (κ3) is 4.68. The first-order valence-corrected chi connectivity index (χ1v) is 8.93. The van der Waals surface area contributed by atoms with Gasteiger partial charge in [-0.15, -0.1) is 0 Å². The highest BCUT2D eigenvalue weighted by Crippen LogP contribution is 2.29. The molecule has 26 heavy (non-hydrogen) atoms. The first kappa shape index (κ1) is 20.1. The van der Waals surface area contributed by atoms with Crippen LogP contribution in [-0.2, 0) is 9.53 Å². The van der Waals surface area contributed by atoms with Crippen molar-refractivity contribution >= 4 is 17.9 Å². The van der Waals surface area contributed by atoms with Crippen LogP contribution in [0.15, 0.2) is 10.6 Å². The van der Waals surface area contributed by atoms with Crippen LogP contribution in [0.25, 0.3) is 0 Å². The zero-order valence-electron chi connectivity index (χ0n) is 16.4. The number of aromatic nitrogens is 1. The van der Waals surface area contributed by atoms with E-state index in [1.807, 2.05) is 46.4 Å². The van der Waals surface area contributed by atoms with Crippen LogP contribution in [0, 0.1) is 5.92 Å². The van der Waals surface area contributed by atoms with Crippen LogP contribution in [0.2, 0.25) is 0 Å². The van der Waals surface area contributed by atoms with Gasteiger partial charge in [-0.25, -0.2) is 4.79 Å². The molecule has 0 spiro atoms. The van der Waals surface area contributed by atoms with Gasteiger partial charge in [0.25, 0.3) is 0 Å². The molecule has 1 unspecified atom stereocenters. The van der Waals surface area contributed by atoms with E-state index in [0.29, 0.717) is 31.2 Å². The van der Waals surface area contributed by atoms with E-state index >= 15 is 0 Å². The second kappa shape index (κ2) is 7.55. The van der Waals surface area contributed by atoms with Crippen LogP contribution >= 0.6 is 0 Å². The van der Waals surface area contributed by atoms with Crippen LogP contribution < -0.4 is 4.90 Å². The summed E-state index contributed by atoms with van der Waals surface area (Å²) in [6.07, 6.45) is -0.323. The van der Waals surface area contributed by atoms with Crippen LogP contribution in [-0.4, -0.2) is 58.5 Å². The Morgan fingerprint density at radius 3 is 2.50 bits per heavy atom. The summed E-state index contributed by atoms with van der Waals surface area (Å²) in [4.78, 5) is 27.5. The minimum Gasteiger partial charge on any atom is -0.481 e. The van der Waals surface area contributed by atoms with Gasteiger partial charge >= 0.3 is 12.1 Å². The SMILES string of the molecule is CC(C)C(C(=O)O)c1cc(N2CCN(C(=O)OC(C)(C)C)[C@H](C)C2)no1. The number of hydrogen-bond donors (Lipinski definition) is 1. The molecule has 2 heterocycles. The third-order valence-corrected chi connectivity index (χ3v) is 4.33. The molecule has 2 rings (SSSR count). The third-order valence-electron chi connectivity index (χ3n) is 4.33. The Balaban J connectivity index is 2.05. The molecule has 2 atom stereocenters. The fourth-order valence-electron chi connectivity index (χ4n) is 3.07. The van der Waals surface area contributed by atoms with Gasteiger partial charge in [0, 0.05) is 31.7 Å². The first-order chi connectivity index (χ1) is 12.0. The molecule has 1 N–H and O–H groups in total. The molecule has 1 aromatic heterocycles. The van der Waals surface area contributed by atoms with Crippen molar-refractivity contribution in [1.82, 2.24) is 10.1 Å². The van der Waals surface area contributed by atoms with Gasteiger partial charge in [0.05, 0.1) is 0 Å². The van der Waals surface area contributed by atoms with E-state index in [-0.39, 0.29) is 18.1 Å². The van der Waals surface area contributed by atoms with Crippen molar-refractivity contribution in [3.05, 3.63) is 11.8 Å². The van der Waals surface area contributed by atoms with Crippen molar-refractivity contribution in [2.45, 2.75) is 59.1 Å². The zero-order valence-corrected chi connectivity index (χ0v) is 16.4. The molecular weight excluding hydrogens is 338 g/mol. The van der Waals surface area contributed by atoms with E-state index < -0.39 is 17.5 Å². The van der Waals surface area contributed by atoms with E-state index in [1.165, 1.54) is 0 Å².